The van der Waals surface area contributed by atoms with Gasteiger partial charge in [-0.15, -0.1) is 5.10 Å². The molecule has 3 rings (SSSR count). The number of benzene rings is 1. The van der Waals surface area contributed by atoms with Crippen LogP contribution in [-0.2, 0) is 11.3 Å². The van der Waals surface area contributed by atoms with E-state index in [-0.39, 0.29) is 18.2 Å². The third kappa shape index (κ3) is 4.09. The van der Waals surface area contributed by atoms with Crippen molar-refractivity contribution in [3.63, 3.8) is 0 Å². The number of carboxylic acids is 1. The van der Waals surface area contributed by atoms with Crippen molar-refractivity contribution in [2.75, 3.05) is 5.32 Å². The molecular formula is C16H14Cl2N6O3. The fraction of sp³-hybridized carbons (Fsp3) is 0.188. The van der Waals surface area contributed by atoms with Crippen molar-refractivity contribution < 1.29 is 14.7 Å². The molecule has 2 aromatic heterocycles. The number of nitrogens with zero attached hydrogens (tertiary/aromatic N) is 5. The van der Waals surface area contributed by atoms with Gasteiger partial charge in [-0.3, -0.25) is 10.1 Å². The highest BCUT2D eigenvalue weighted by Crippen LogP contribution is 2.25. The molecule has 11 heteroatoms. The Kier molecular flexibility index (Phi) is 5.43. The van der Waals surface area contributed by atoms with Gasteiger partial charge in [-0.1, -0.05) is 29.3 Å². The third-order valence-electron chi connectivity index (χ3n) is 3.79. The molecule has 0 saturated carbocycles. The van der Waals surface area contributed by atoms with Crippen molar-refractivity contribution in [1.82, 2.24) is 24.5 Å². The van der Waals surface area contributed by atoms with Crippen molar-refractivity contribution in [3.05, 3.63) is 58.1 Å². The van der Waals surface area contributed by atoms with E-state index >= 15 is 0 Å². The van der Waals surface area contributed by atoms with E-state index in [2.05, 4.69) is 20.5 Å². The van der Waals surface area contributed by atoms with Gasteiger partial charge in [0.1, 0.15) is 18.1 Å². The smallest absolute Gasteiger partial charge is 0.354 e. The molecule has 0 aliphatic rings. The third-order valence-corrected chi connectivity index (χ3v) is 4.50. The van der Waals surface area contributed by atoms with Crippen LogP contribution in [0.5, 0.6) is 0 Å². The Morgan fingerprint density at radius 2 is 1.96 bits per heavy atom. The van der Waals surface area contributed by atoms with Crippen LogP contribution in [0, 0.1) is 0 Å². The number of amides is 1. The Balaban J connectivity index is 1.71. The van der Waals surface area contributed by atoms with Gasteiger partial charge in [0, 0.05) is 21.8 Å². The molecule has 0 bridgehead atoms. The van der Waals surface area contributed by atoms with Crippen molar-refractivity contribution in [2.45, 2.75) is 19.5 Å². The molecule has 1 amide bonds. The maximum Gasteiger partial charge on any atom is 0.354 e. The predicted octanol–water partition coefficient (Wildman–Crippen LogP) is 2.73. The number of hydrogen-bond donors (Lipinski definition) is 2. The van der Waals surface area contributed by atoms with E-state index in [0.717, 1.165) is 4.68 Å². The van der Waals surface area contributed by atoms with Crippen LogP contribution in [0.25, 0.3) is 0 Å². The molecule has 0 aliphatic carbocycles. The summed E-state index contributed by atoms with van der Waals surface area (Å²) < 4.78 is 2.59. The summed E-state index contributed by atoms with van der Waals surface area (Å²) >= 11 is 12.3. The first-order valence-electron chi connectivity index (χ1n) is 7.77. The van der Waals surface area contributed by atoms with E-state index in [0.29, 0.717) is 15.6 Å². The summed E-state index contributed by atoms with van der Waals surface area (Å²) in [6, 6.07) is 5.62. The van der Waals surface area contributed by atoms with Crippen LogP contribution in [0.1, 0.15) is 29.0 Å². The van der Waals surface area contributed by atoms with Crippen LogP contribution in [0.3, 0.4) is 0 Å². The first-order valence-corrected chi connectivity index (χ1v) is 8.52. The summed E-state index contributed by atoms with van der Waals surface area (Å²) in [5.41, 5.74) is 0.587. The normalized spacial score (nSPS) is 12.0. The number of carbonyl (C=O) groups is 2. The zero-order valence-electron chi connectivity index (χ0n) is 14.0. The van der Waals surface area contributed by atoms with Gasteiger partial charge in [-0.2, -0.15) is 5.10 Å². The molecule has 9 nitrogen and oxygen atoms in total. The largest absolute Gasteiger partial charge is 0.477 e. The SMILES string of the molecule is CC(C(=O)Nc1ncn(Cc2c(Cl)cccc2Cl)n1)n1nccc1C(=O)O. The highest BCUT2D eigenvalue weighted by atomic mass is 35.5. The van der Waals surface area contributed by atoms with Crippen molar-refractivity contribution in [1.29, 1.82) is 0 Å². The zero-order valence-corrected chi connectivity index (χ0v) is 15.5. The summed E-state index contributed by atoms with van der Waals surface area (Å²) in [5.74, 6) is -1.61. The van der Waals surface area contributed by atoms with Crippen LogP contribution < -0.4 is 5.32 Å². The molecule has 3 aromatic rings. The molecule has 2 heterocycles. The quantitative estimate of drug-likeness (QED) is 0.647. The number of aromatic carboxylic acids is 1. The Morgan fingerprint density at radius 1 is 1.26 bits per heavy atom. The van der Waals surface area contributed by atoms with E-state index in [1.807, 2.05) is 0 Å². The topological polar surface area (TPSA) is 115 Å². The molecule has 1 unspecified atom stereocenters. The van der Waals surface area contributed by atoms with Gasteiger partial charge in [-0.05, 0) is 25.1 Å². The molecule has 0 spiro atoms. The molecule has 0 aliphatic heterocycles. The van der Waals surface area contributed by atoms with E-state index in [9.17, 15) is 9.59 Å². The molecule has 0 fully saturated rings. The molecular weight excluding hydrogens is 395 g/mol. The van der Waals surface area contributed by atoms with Crippen LogP contribution in [0.15, 0.2) is 36.8 Å². The Labute approximate surface area is 163 Å². The fourth-order valence-corrected chi connectivity index (χ4v) is 2.91. The Hall–Kier alpha value is -2.91. The minimum Gasteiger partial charge on any atom is -0.477 e. The minimum atomic E-state index is -1.17. The van der Waals surface area contributed by atoms with Gasteiger partial charge in [0.2, 0.25) is 5.95 Å². The standard InChI is InChI=1S/C16H14Cl2N6O3/c1-9(24-13(15(26)27)5-6-20-24)14(25)21-16-19-8-23(22-16)7-10-11(17)3-2-4-12(10)18/h2-6,8-9H,7H2,1H3,(H,26,27)(H,21,22,25). The lowest BCUT2D eigenvalue weighted by molar-refractivity contribution is -0.119. The van der Waals surface area contributed by atoms with Gasteiger partial charge in [0.25, 0.3) is 5.91 Å². The number of carboxylic acid groups (broad SMARTS) is 1. The molecule has 2 N–H and O–H groups in total. The summed E-state index contributed by atoms with van der Waals surface area (Å²) in [6.07, 6.45) is 2.74. The van der Waals surface area contributed by atoms with E-state index in [1.165, 1.54) is 30.2 Å². The number of rotatable bonds is 6. The highest BCUT2D eigenvalue weighted by Gasteiger charge is 2.22. The van der Waals surface area contributed by atoms with Crippen LogP contribution in [0.2, 0.25) is 10.0 Å². The Bertz CT molecular complexity index is 979. The second-order valence-electron chi connectivity index (χ2n) is 5.60. The monoisotopic (exact) mass is 408 g/mol. The number of carbonyl (C=O) groups excluding carboxylic acids is 1. The molecule has 140 valence electrons. The second-order valence-corrected chi connectivity index (χ2v) is 6.41. The number of nitrogens with one attached hydrogen (secondary N) is 1. The van der Waals surface area contributed by atoms with Gasteiger partial charge in [0.15, 0.2) is 0 Å². The number of hydrogen-bond acceptors (Lipinski definition) is 5. The fourth-order valence-electron chi connectivity index (χ4n) is 2.39. The summed E-state index contributed by atoms with van der Waals surface area (Å²) in [7, 11) is 0. The van der Waals surface area contributed by atoms with E-state index in [1.54, 1.807) is 18.2 Å². The predicted molar refractivity (Wildman–Crippen MR) is 98.1 cm³/mol. The lowest BCUT2D eigenvalue weighted by Crippen LogP contribution is -2.27. The molecule has 1 atom stereocenters. The van der Waals surface area contributed by atoms with Gasteiger partial charge >= 0.3 is 5.97 Å². The molecule has 1 aromatic carbocycles. The zero-order chi connectivity index (χ0) is 19.6. The Morgan fingerprint density at radius 3 is 2.63 bits per heavy atom. The van der Waals surface area contributed by atoms with Crippen LogP contribution >= 0.6 is 23.2 Å². The first-order chi connectivity index (χ1) is 12.9. The van der Waals surface area contributed by atoms with Gasteiger partial charge < -0.3 is 5.11 Å². The molecule has 0 saturated heterocycles. The van der Waals surface area contributed by atoms with Crippen molar-refractivity contribution >= 4 is 41.0 Å². The van der Waals surface area contributed by atoms with E-state index < -0.39 is 17.9 Å². The average Bonchev–Trinajstić information content (AvgIpc) is 3.27. The summed E-state index contributed by atoms with van der Waals surface area (Å²) in [5, 5.41) is 20.7. The van der Waals surface area contributed by atoms with Gasteiger partial charge in [-0.25, -0.2) is 19.1 Å². The van der Waals surface area contributed by atoms with E-state index in [4.69, 9.17) is 28.3 Å². The number of aromatic nitrogens is 5. The first kappa shape index (κ1) is 18.9. The average molecular weight is 409 g/mol. The number of halogens is 2. The van der Waals surface area contributed by atoms with Crippen LogP contribution in [-0.4, -0.2) is 41.5 Å². The molecule has 27 heavy (non-hydrogen) atoms. The minimum absolute atomic E-state index is 0.0686. The van der Waals surface area contributed by atoms with Crippen LogP contribution in [0.4, 0.5) is 5.95 Å². The highest BCUT2D eigenvalue weighted by molar-refractivity contribution is 6.35. The van der Waals surface area contributed by atoms with Crippen molar-refractivity contribution in [2.24, 2.45) is 0 Å². The molecule has 0 radical (unpaired) electrons. The van der Waals surface area contributed by atoms with Gasteiger partial charge in [0.05, 0.1) is 6.54 Å². The summed E-state index contributed by atoms with van der Waals surface area (Å²) in [6.45, 7) is 1.80. The maximum absolute atomic E-state index is 12.4. The number of anilines is 1. The van der Waals surface area contributed by atoms with Crippen molar-refractivity contribution in [3.8, 4) is 0 Å². The second kappa shape index (κ2) is 7.77. The lowest BCUT2D eigenvalue weighted by Gasteiger charge is -2.12. The lowest BCUT2D eigenvalue weighted by atomic mass is 10.2. The summed E-state index contributed by atoms with van der Waals surface area (Å²) in [4.78, 5) is 27.5. The maximum atomic E-state index is 12.4.